The second-order valence-electron chi connectivity index (χ2n) is 17.3. The molecule has 0 aliphatic carbocycles. The van der Waals surface area contributed by atoms with E-state index in [4.69, 9.17) is 42.6 Å². The molecule has 8 rings (SSSR count). The van der Waals surface area contributed by atoms with Crippen LogP contribution in [0, 0.1) is 0 Å². The topological polar surface area (TPSA) is 158 Å². The van der Waals surface area contributed by atoms with Gasteiger partial charge in [0.15, 0.2) is 18.7 Å². The lowest BCUT2D eigenvalue weighted by molar-refractivity contribution is -0.377. The lowest BCUT2D eigenvalue weighted by Gasteiger charge is -2.51. The third-order valence-electron chi connectivity index (χ3n) is 12.2. The summed E-state index contributed by atoms with van der Waals surface area (Å²) >= 11 is 0. The van der Waals surface area contributed by atoms with Crippen LogP contribution in [0.5, 0.6) is 0 Å². The molecule has 2 aliphatic rings. The minimum atomic E-state index is -1.97. The number of carbonyl (C=O) groups excluding carboxylic acids is 2. The summed E-state index contributed by atoms with van der Waals surface area (Å²) in [6.45, 7) is 3.53. The number of carbonyl (C=O) groups is 2. The highest BCUT2D eigenvalue weighted by atomic mass is 16.8. The van der Waals surface area contributed by atoms with Crippen LogP contribution in [0.15, 0.2) is 176 Å². The first-order valence-electron chi connectivity index (χ1n) is 23.1. The van der Waals surface area contributed by atoms with E-state index < -0.39 is 72.8 Å². The Bertz CT molecular complexity index is 2490. The fourth-order valence-electron chi connectivity index (χ4n) is 8.40. The van der Waals surface area contributed by atoms with Gasteiger partial charge in [-0.05, 0) is 59.9 Å². The second-order valence-corrected chi connectivity index (χ2v) is 17.3. The van der Waals surface area contributed by atoms with E-state index in [0.29, 0.717) is 5.56 Å². The summed E-state index contributed by atoms with van der Waals surface area (Å²) in [5, 5.41) is 24.5. The number of hydrogen-bond acceptors (Lipinski definition) is 13. The summed E-state index contributed by atoms with van der Waals surface area (Å²) in [6.07, 6.45) is -11.1. The highest BCUT2D eigenvalue weighted by Gasteiger charge is 2.57. The third-order valence-corrected chi connectivity index (χ3v) is 12.2. The number of benzene rings is 6. The zero-order valence-corrected chi connectivity index (χ0v) is 38.6. The Morgan fingerprint density at radius 3 is 1.68 bits per heavy atom. The molecule has 2 saturated heterocycles. The van der Waals surface area contributed by atoms with Gasteiger partial charge in [0, 0.05) is 0 Å². The number of ether oxygens (including phenoxy) is 9. The summed E-state index contributed by atoms with van der Waals surface area (Å²) in [5.74, 6) is -1.27. The number of hydrogen-bond donors (Lipinski definition) is 2. The molecule has 0 aromatic heterocycles. The Morgan fingerprint density at radius 1 is 0.551 bits per heavy atom. The minimum absolute atomic E-state index is 0.0550. The van der Waals surface area contributed by atoms with Crippen molar-refractivity contribution in [2.45, 2.75) is 108 Å². The van der Waals surface area contributed by atoms with Crippen molar-refractivity contribution >= 4 is 11.9 Å². The van der Waals surface area contributed by atoms with Crippen molar-refractivity contribution < 1.29 is 62.4 Å². The molecule has 0 spiro atoms. The van der Waals surface area contributed by atoms with Crippen LogP contribution in [-0.4, -0.2) is 89.7 Å². The number of esters is 2. The minimum Gasteiger partial charge on any atom is -0.457 e. The van der Waals surface area contributed by atoms with E-state index in [0.717, 1.165) is 22.3 Å². The fourth-order valence-corrected chi connectivity index (χ4v) is 8.40. The van der Waals surface area contributed by atoms with Gasteiger partial charge in [0.1, 0.15) is 42.7 Å². The predicted molar refractivity (Wildman–Crippen MR) is 253 cm³/mol. The molecule has 2 aliphatic heterocycles. The van der Waals surface area contributed by atoms with Crippen molar-refractivity contribution in [3.63, 3.8) is 0 Å². The van der Waals surface area contributed by atoms with Crippen molar-refractivity contribution in [2.24, 2.45) is 0 Å². The van der Waals surface area contributed by atoms with Gasteiger partial charge in [-0.3, -0.25) is 0 Å². The summed E-state index contributed by atoms with van der Waals surface area (Å²) in [7, 11) is 0. The van der Waals surface area contributed by atoms with E-state index >= 15 is 0 Å². The van der Waals surface area contributed by atoms with Gasteiger partial charge in [0.2, 0.25) is 0 Å². The SMILES string of the molecule is C[C@@H]1O[C@@H](OCc2ccccc2C(=O)OCc2ccccc2)[C@H](OC(=O)c2ccccc2)[C@H](O[C@H]2O[C@H](COCc3ccccc3)[C@@H](OCc3ccccc3)[C@](C)(O)[C@@H]2O)[C@H]1OCc1ccccc1. The van der Waals surface area contributed by atoms with Crippen molar-refractivity contribution in [1.82, 2.24) is 0 Å². The summed E-state index contributed by atoms with van der Waals surface area (Å²) < 4.78 is 57.7. The average Bonchev–Trinajstić information content (AvgIpc) is 3.38. The molecule has 0 unspecified atom stereocenters. The number of aliphatic hydroxyl groups excluding tert-OH is 1. The van der Waals surface area contributed by atoms with Gasteiger partial charge >= 0.3 is 11.9 Å². The van der Waals surface area contributed by atoms with Crippen LogP contribution in [0.2, 0.25) is 0 Å². The molecule has 0 saturated carbocycles. The van der Waals surface area contributed by atoms with E-state index in [2.05, 4.69) is 0 Å². The fraction of sp³-hybridized carbons (Fsp3) is 0.321. The summed E-state index contributed by atoms with van der Waals surface area (Å²) in [5.41, 5.74) is 2.48. The molecule has 0 bridgehead atoms. The van der Waals surface area contributed by atoms with Crippen LogP contribution in [-0.2, 0) is 75.7 Å². The number of rotatable bonds is 20. The van der Waals surface area contributed by atoms with Crippen LogP contribution >= 0.6 is 0 Å². The molecule has 0 amide bonds. The zero-order chi connectivity index (χ0) is 48.0. The summed E-state index contributed by atoms with van der Waals surface area (Å²) in [4.78, 5) is 27.6. The molecule has 6 aromatic carbocycles. The normalized spacial score (nSPS) is 25.7. The zero-order valence-electron chi connectivity index (χ0n) is 38.6. The van der Waals surface area contributed by atoms with Crippen LogP contribution in [0.4, 0.5) is 0 Å². The van der Waals surface area contributed by atoms with Crippen molar-refractivity contribution in [3.8, 4) is 0 Å². The molecule has 2 heterocycles. The van der Waals surface area contributed by atoms with Gasteiger partial charge < -0.3 is 52.8 Å². The molecular weight excluding hydrogens is 881 g/mol. The Morgan fingerprint density at radius 2 is 1.07 bits per heavy atom. The highest BCUT2D eigenvalue weighted by molar-refractivity contribution is 5.91. The van der Waals surface area contributed by atoms with Gasteiger partial charge in [-0.15, -0.1) is 0 Å². The Balaban J connectivity index is 1.10. The van der Waals surface area contributed by atoms with Crippen LogP contribution in [0.3, 0.4) is 0 Å². The third kappa shape index (κ3) is 13.0. The van der Waals surface area contributed by atoms with E-state index in [1.165, 1.54) is 6.92 Å². The Hall–Kier alpha value is -6.10. The average molecular weight is 939 g/mol. The van der Waals surface area contributed by atoms with Crippen LogP contribution in [0.25, 0.3) is 0 Å². The molecule has 0 radical (unpaired) electrons. The first kappa shape index (κ1) is 49.3. The smallest absolute Gasteiger partial charge is 0.338 e. The maximum Gasteiger partial charge on any atom is 0.338 e. The van der Waals surface area contributed by atoms with E-state index in [1.54, 1.807) is 61.5 Å². The quantitative estimate of drug-likeness (QED) is 0.0708. The molecule has 2 fully saturated rings. The molecular formula is C56H58O13. The first-order valence-corrected chi connectivity index (χ1v) is 23.1. The summed E-state index contributed by atoms with van der Waals surface area (Å²) in [6, 6.07) is 53.2. The maximum atomic E-state index is 14.1. The van der Waals surface area contributed by atoms with Gasteiger partial charge in [0.25, 0.3) is 0 Å². The maximum absolute atomic E-state index is 14.1. The first-order chi connectivity index (χ1) is 33.6. The molecule has 6 aromatic rings. The predicted octanol–water partition coefficient (Wildman–Crippen LogP) is 8.14. The lowest BCUT2D eigenvalue weighted by Crippen LogP contribution is -2.69. The van der Waals surface area contributed by atoms with Crippen LogP contribution < -0.4 is 0 Å². The monoisotopic (exact) mass is 938 g/mol. The van der Waals surface area contributed by atoms with Crippen molar-refractivity contribution in [2.75, 3.05) is 6.61 Å². The molecule has 13 heteroatoms. The standard InChI is InChI=1S/C56H58O13/c1-38-47(62-33-40-22-10-4-11-23-40)48(69-55-50(57)56(2,60)51(63-34-41-24-12-5-13-25-41)46(67-55)37-61-32-39-20-8-3-9-21-39)49(68-52(58)43-28-16-7-17-29-43)54(66-38)65-36-44-30-18-19-31-45(44)53(59)64-35-42-26-14-6-15-27-42/h3-31,38,46-51,54-55,57,60H,32-37H2,1-2H3/t38-,46+,47-,48+,49+,50+,51+,54+,55+,56+/m0/s1. The lowest BCUT2D eigenvalue weighted by atomic mass is 9.85. The van der Waals surface area contributed by atoms with Gasteiger partial charge in [-0.1, -0.05) is 158 Å². The molecule has 13 nitrogen and oxygen atoms in total. The van der Waals surface area contributed by atoms with Gasteiger partial charge in [0.05, 0.1) is 50.3 Å². The molecule has 360 valence electrons. The van der Waals surface area contributed by atoms with Gasteiger partial charge in [-0.25, -0.2) is 9.59 Å². The number of aliphatic hydroxyl groups is 2. The molecule has 2 N–H and O–H groups in total. The van der Waals surface area contributed by atoms with E-state index in [1.807, 2.05) is 121 Å². The highest BCUT2D eigenvalue weighted by Crippen LogP contribution is 2.38. The molecule has 10 atom stereocenters. The molecule has 69 heavy (non-hydrogen) atoms. The van der Waals surface area contributed by atoms with E-state index in [9.17, 15) is 19.8 Å². The largest absolute Gasteiger partial charge is 0.457 e. The van der Waals surface area contributed by atoms with Crippen molar-refractivity contribution in [1.29, 1.82) is 0 Å². The van der Waals surface area contributed by atoms with Gasteiger partial charge in [-0.2, -0.15) is 0 Å². The van der Waals surface area contributed by atoms with E-state index in [-0.39, 0.29) is 50.8 Å². The van der Waals surface area contributed by atoms with Crippen LogP contribution in [0.1, 0.15) is 62.4 Å². The van der Waals surface area contributed by atoms with Crippen molar-refractivity contribution in [3.05, 3.63) is 215 Å². The Labute approximate surface area is 402 Å². The second kappa shape index (κ2) is 24.0. The Kier molecular flexibility index (Phi) is 17.1.